The van der Waals surface area contributed by atoms with E-state index in [1.54, 1.807) is 0 Å². The molecule has 0 fully saturated rings. The summed E-state index contributed by atoms with van der Waals surface area (Å²) in [5, 5.41) is 9.95. The number of hydrogen-bond acceptors (Lipinski definition) is 3. The molecule has 1 rings (SSSR count). The number of carbonyl (C=O) groups excluding carboxylic acids is 1. The topological polar surface area (TPSA) is 46.5 Å². The van der Waals surface area contributed by atoms with E-state index < -0.39 is 12.1 Å². The van der Waals surface area contributed by atoms with Crippen LogP contribution in [-0.2, 0) is 9.53 Å². The van der Waals surface area contributed by atoms with Gasteiger partial charge in [0, 0.05) is 6.08 Å². The van der Waals surface area contributed by atoms with Gasteiger partial charge in [0.25, 0.3) is 0 Å². The van der Waals surface area contributed by atoms with Crippen LogP contribution in [0, 0.1) is 0 Å². The van der Waals surface area contributed by atoms with Crippen molar-refractivity contribution in [2.24, 2.45) is 0 Å². The van der Waals surface area contributed by atoms with E-state index in [1.807, 2.05) is 30.3 Å². The Kier molecular flexibility index (Phi) is 5.48. The fourth-order valence-electron chi connectivity index (χ4n) is 1.17. The van der Waals surface area contributed by atoms with Crippen LogP contribution in [0.1, 0.15) is 11.7 Å². The standard InChI is InChI=1S/C12H13IO3/c1-2-11(14)16-8-10(13)12(15)9-6-4-3-5-7-9/h2-7,10,12,15H,1,8H2/t10-,12+/m0/s1. The number of ether oxygens (including phenoxy) is 1. The third-order valence-electron chi connectivity index (χ3n) is 2.04. The maximum atomic E-state index is 10.9. The van der Waals surface area contributed by atoms with Crippen LogP contribution in [-0.4, -0.2) is 21.6 Å². The maximum Gasteiger partial charge on any atom is 0.330 e. The molecule has 1 aromatic rings. The van der Waals surface area contributed by atoms with Crippen LogP contribution in [0.3, 0.4) is 0 Å². The van der Waals surface area contributed by atoms with E-state index in [0.717, 1.165) is 11.6 Å². The van der Waals surface area contributed by atoms with Crippen molar-refractivity contribution in [2.75, 3.05) is 6.61 Å². The van der Waals surface area contributed by atoms with Gasteiger partial charge in [-0.15, -0.1) is 0 Å². The average molecular weight is 332 g/mol. The number of benzene rings is 1. The number of carbonyl (C=O) groups is 1. The van der Waals surface area contributed by atoms with Gasteiger partial charge in [-0.1, -0.05) is 59.5 Å². The molecule has 0 spiro atoms. The predicted octanol–water partition coefficient (Wildman–Crippen LogP) is 2.25. The molecule has 0 aliphatic rings. The van der Waals surface area contributed by atoms with Crippen LogP contribution in [0.15, 0.2) is 43.0 Å². The Labute approximate surface area is 108 Å². The van der Waals surface area contributed by atoms with Gasteiger partial charge < -0.3 is 9.84 Å². The van der Waals surface area contributed by atoms with Gasteiger partial charge in [-0.3, -0.25) is 0 Å². The van der Waals surface area contributed by atoms with Gasteiger partial charge >= 0.3 is 5.97 Å². The lowest BCUT2D eigenvalue weighted by atomic mass is 10.1. The minimum atomic E-state index is -0.639. The summed E-state index contributed by atoms with van der Waals surface area (Å²) in [6.07, 6.45) is 0.470. The number of esters is 1. The highest BCUT2D eigenvalue weighted by molar-refractivity contribution is 14.1. The third kappa shape index (κ3) is 3.94. The van der Waals surface area contributed by atoms with Crippen molar-refractivity contribution in [3.8, 4) is 0 Å². The first kappa shape index (κ1) is 13.2. The van der Waals surface area contributed by atoms with E-state index in [9.17, 15) is 9.90 Å². The number of alkyl halides is 1. The van der Waals surface area contributed by atoms with Crippen LogP contribution in [0.4, 0.5) is 0 Å². The lowest BCUT2D eigenvalue weighted by Gasteiger charge is -2.17. The molecule has 86 valence electrons. The molecule has 0 radical (unpaired) electrons. The first-order valence-electron chi connectivity index (χ1n) is 4.81. The molecule has 16 heavy (non-hydrogen) atoms. The summed E-state index contributed by atoms with van der Waals surface area (Å²) in [5.41, 5.74) is 0.816. The number of halogens is 1. The Morgan fingerprint density at radius 1 is 1.50 bits per heavy atom. The van der Waals surface area contributed by atoms with Gasteiger partial charge in [0.05, 0.1) is 10.0 Å². The summed E-state index contributed by atoms with van der Waals surface area (Å²) in [6, 6.07) is 9.28. The van der Waals surface area contributed by atoms with Crippen LogP contribution >= 0.6 is 22.6 Å². The Hall–Kier alpha value is -0.880. The van der Waals surface area contributed by atoms with E-state index in [4.69, 9.17) is 4.74 Å². The monoisotopic (exact) mass is 332 g/mol. The Morgan fingerprint density at radius 3 is 2.69 bits per heavy atom. The minimum Gasteiger partial charge on any atom is -0.461 e. The van der Waals surface area contributed by atoms with Crippen LogP contribution in [0.2, 0.25) is 0 Å². The minimum absolute atomic E-state index is 0.168. The zero-order chi connectivity index (χ0) is 12.0. The van der Waals surface area contributed by atoms with Gasteiger partial charge in [-0.25, -0.2) is 4.79 Å². The molecule has 0 saturated heterocycles. The number of rotatable bonds is 5. The number of aliphatic hydroxyl groups excluding tert-OH is 1. The predicted molar refractivity (Wildman–Crippen MR) is 70.4 cm³/mol. The van der Waals surface area contributed by atoms with E-state index in [0.29, 0.717) is 0 Å². The van der Waals surface area contributed by atoms with Crippen LogP contribution in [0.25, 0.3) is 0 Å². The highest BCUT2D eigenvalue weighted by Gasteiger charge is 2.18. The molecular formula is C12H13IO3. The molecule has 0 heterocycles. The van der Waals surface area contributed by atoms with Gasteiger partial charge in [0.1, 0.15) is 6.61 Å². The fraction of sp³-hybridized carbons (Fsp3) is 0.250. The summed E-state index contributed by atoms with van der Waals surface area (Å²) in [7, 11) is 0. The average Bonchev–Trinajstić information content (AvgIpc) is 2.35. The molecule has 0 unspecified atom stereocenters. The summed E-state index contributed by atoms with van der Waals surface area (Å²) >= 11 is 2.06. The fourth-order valence-corrected chi connectivity index (χ4v) is 1.77. The van der Waals surface area contributed by atoms with Crippen LogP contribution in [0.5, 0.6) is 0 Å². The molecule has 1 N–H and O–H groups in total. The van der Waals surface area contributed by atoms with Crippen molar-refractivity contribution in [3.63, 3.8) is 0 Å². The lowest BCUT2D eigenvalue weighted by molar-refractivity contribution is -0.138. The SMILES string of the molecule is C=CC(=O)OC[C@H](I)[C@H](O)c1ccccc1. The van der Waals surface area contributed by atoms with Crippen molar-refractivity contribution < 1.29 is 14.6 Å². The highest BCUT2D eigenvalue weighted by atomic mass is 127. The second kappa shape index (κ2) is 6.65. The second-order valence-corrected chi connectivity index (χ2v) is 4.81. The van der Waals surface area contributed by atoms with E-state index >= 15 is 0 Å². The molecule has 2 atom stereocenters. The van der Waals surface area contributed by atoms with E-state index in [-0.39, 0.29) is 10.5 Å². The van der Waals surface area contributed by atoms with Gasteiger partial charge in [0.15, 0.2) is 0 Å². The van der Waals surface area contributed by atoms with Crippen molar-refractivity contribution in [3.05, 3.63) is 48.6 Å². The first-order valence-corrected chi connectivity index (χ1v) is 6.06. The second-order valence-electron chi connectivity index (χ2n) is 3.21. The Morgan fingerprint density at radius 2 is 2.12 bits per heavy atom. The Bertz CT molecular complexity index is 351. The van der Waals surface area contributed by atoms with Crippen molar-refractivity contribution >= 4 is 28.6 Å². The molecule has 0 bridgehead atoms. The molecule has 1 aromatic carbocycles. The normalized spacial score (nSPS) is 13.9. The number of aliphatic hydroxyl groups is 1. The zero-order valence-electron chi connectivity index (χ0n) is 8.67. The summed E-state index contributed by atoms with van der Waals surface area (Å²) < 4.78 is 4.69. The van der Waals surface area contributed by atoms with Crippen LogP contribution < -0.4 is 0 Å². The summed E-state index contributed by atoms with van der Waals surface area (Å²) in [5.74, 6) is -0.470. The molecule has 0 saturated carbocycles. The van der Waals surface area contributed by atoms with E-state index in [2.05, 4.69) is 29.2 Å². The van der Waals surface area contributed by atoms with Crippen molar-refractivity contribution in [1.29, 1.82) is 0 Å². The van der Waals surface area contributed by atoms with Crippen molar-refractivity contribution in [1.82, 2.24) is 0 Å². The third-order valence-corrected chi connectivity index (χ3v) is 3.08. The van der Waals surface area contributed by atoms with Gasteiger partial charge in [0.2, 0.25) is 0 Å². The smallest absolute Gasteiger partial charge is 0.330 e. The molecular weight excluding hydrogens is 319 g/mol. The number of hydrogen-bond donors (Lipinski definition) is 1. The van der Waals surface area contributed by atoms with Gasteiger partial charge in [-0.2, -0.15) is 0 Å². The van der Waals surface area contributed by atoms with Crippen molar-refractivity contribution in [2.45, 2.75) is 10.0 Å². The quantitative estimate of drug-likeness (QED) is 0.389. The largest absolute Gasteiger partial charge is 0.461 e. The molecule has 3 nitrogen and oxygen atoms in total. The highest BCUT2D eigenvalue weighted by Crippen LogP contribution is 2.22. The first-order chi connectivity index (χ1) is 7.65. The lowest BCUT2D eigenvalue weighted by Crippen LogP contribution is -2.19. The zero-order valence-corrected chi connectivity index (χ0v) is 10.8. The van der Waals surface area contributed by atoms with Gasteiger partial charge in [-0.05, 0) is 5.56 Å². The van der Waals surface area contributed by atoms with E-state index in [1.165, 1.54) is 0 Å². The maximum absolute atomic E-state index is 10.9. The molecule has 0 aliphatic carbocycles. The summed E-state index contributed by atoms with van der Waals surface area (Å²) in [4.78, 5) is 10.9. The Balaban J connectivity index is 2.51. The molecule has 0 amide bonds. The molecule has 0 aromatic heterocycles. The molecule has 4 heteroatoms. The summed E-state index contributed by atoms with van der Waals surface area (Å²) in [6.45, 7) is 3.47. The molecule has 0 aliphatic heterocycles.